The second-order valence-corrected chi connectivity index (χ2v) is 8.00. The molecular weight excluding hydrogens is 340 g/mol. The molecule has 4 rings (SSSR count). The molecule has 3 aliphatic heterocycles. The summed E-state index contributed by atoms with van der Waals surface area (Å²) in [6, 6.07) is 3.54. The van der Waals surface area contributed by atoms with Crippen LogP contribution in [0.4, 0.5) is 0 Å². The normalized spacial score (nSPS) is 26.7. The quantitative estimate of drug-likeness (QED) is 0.868. The Kier molecular flexibility index (Phi) is 4.48. The largest absolute Gasteiger partial charge is 0.454 e. The Hall–Kier alpha value is -1.02. The fourth-order valence-corrected chi connectivity index (χ4v) is 5.87. The zero-order valence-corrected chi connectivity index (χ0v) is 14.6. The maximum Gasteiger partial charge on any atom is 0.244 e. The average Bonchev–Trinajstić information content (AvgIpc) is 3.00. The first-order valence-corrected chi connectivity index (χ1v) is 9.16. The van der Waals surface area contributed by atoms with Crippen molar-refractivity contribution in [1.29, 1.82) is 0 Å². The van der Waals surface area contributed by atoms with Crippen molar-refractivity contribution in [3.63, 3.8) is 0 Å². The zero-order valence-electron chi connectivity index (χ0n) is 12.9. The minimum absolute atomic E-state index is 0. The lowest BCUT2D eigenvalue weighted by molar-refractivity contribution is 0.174. The summed E-state index contributed by atoms with van der Waals surface area (Å²) in [6.45, 7) is 3.58. The minimum Gasteiger partial charge on any atom is -0.454 e. The molecular formula is C15H21ClN2O4S. The van der Waals surface area contributed by atoms with Crippen LogP contribution < -0.4 is 14.8 Å². The number of aryl methyl sites for hydroxylation is 1. The number of ether oxygens (including phenoxy) is 2. The van der Waals surface area contributed by atoms with E-state index < -0.39 is 10.0 Å². The van der Waals surface area contributed by atoms with Gasteiger partial charge in [-0.2, -0.15) is 4.31 Å². The third-order valence-corrected chi connectivity index (χ3v) is 6.96. The highest BCUT2D eigenvalue weighted by molar-refractivity contribution is 7.89. The summed E-state index contributed by atoms with van der Waals surface area (Å²) in [5.74, 6) is 1.14. The van der Waals surface area contributed by atoms with Crippen molar-refractivity contribution in [2.75, 3.05) is 19.9 Å². The zero-order chi connectivity index (χ0) is 15.3. The molecule has 3 heterocycles. The molecule has 3 aliphatic rings. The molecule has 6 nitrogen and oxygen atoms in total. The lowest BCUT2D eigenvalue weighted by Gasteiger charge is -2.27. The Bertz CT molecular complexity index is 696. The third kappa shape index (κ3) is 2.69. The van der Waals surface area contributed by atoms with E-state index in [-0.39, 0.29) is 31.3 Å². The summed E-state index contributed by atoms with van der Waals surface area (Å²) in [6.07, 6.45) is 2.76. The highest BCUT2D eigenvalue weighted by atomic mass is 35.5. The molecule has 0 amide bonds. The van der Waals surface area contributed by atoms with Crippen LogP contribution >= 0.6 is 12.4 Å². The Labute approximate surface area is 142 Å². The van der Waals surface area contributed by atoms with Gasteiger partial charge < -0.3 is 14.8 Å². The number of hydrogen-bond donors (Lipinski definition) is 1. The van der Waals surface area contributed by atoms with Crippen LogP contribution in [-0.2, 0) is 10.0 Å². The van der Waals surface area contributed by atoms with Crippen molar-refractivity contribution in [1.82, 2.24) is 9.62 Å². The lowest BCUT2D eigenvalue weighted by Crippen LogP contribution is -2.42. The molecule has 8 heteroatoms. The fraction of sp³-hybridized carbons (Fsp3) is 0.600. The second-order valence-electron chi connectivity index (χ2n) is 6.18. The monoisotopic (exact) mass is 360 g/mol. The third-order valence-electron chi connectivity index (χ3n) is 4.81. The van der Waals surface area contributed by atoms with E-state index in [1.54, 1.807) is 16.4 Å². The lowest BCUT2D eigenvalue weighted by atomic mass is 10.1. The first-order valence-electron chi connectivity index (χ1n) is 7.72. The molecule has 0 radical (unpaired) electrons. The molecule has 0 aromatic heterocycles. The molecule has 2 atom stereocenters. The number of sulfonamides is 1. The molecule has 1 aromatic rings. The van der Waals surface area contributed by atoms with Crippen LogP contribution in [-0.4, -0.2) is 44.7 Å². The van der Waals surface area contributed by atoms with Crippen LogP contribution in [0.5, 0.6) is 11.5 Å². The van der Waals surface area contributed by atoms with Gasteiger partial charge in [0.1, 0.15) is 0 Å². The Morgan fingerprint density at radius 1 is 1.13 bits per heavy atom. The van der Waals surface area contributed by atoms with E-state index in [0.29, 0.717) is 22.0 Å². The Morgan fingerprint density at radius 3 is 2.61 bits per heavy atom. The number of nitrogens with one attached hydrogen (secondary N) is 1. The van der Waals surface area contributed by atoms with Crippen molar-refractivity contribution < 1.29 is 17.9 Å². The summed E-state index contributed by atoms with van der Waals surface area (Å²) >= 11 is 0. The van der Waals surface area contributed by atoms with E-state index in [1.807, 2.05) is 6.92 Å². The summed E-state index contributed by atoms with van der Waals surface area (Å²) in [4.78, 5) is 0.343. The molecule has 2 fully saturated rings. The van der Waals surface area contributed by atoms with Crippen molar-refractivity contribution in [3.8, 4) is 11.5 Å². The van der Waals surface area contributed by atoms with Gasteiger partial charge in [0.05, 0.1) is 4.90 Å². The van der Waals surface area contributed by atoms with Gasteiger partial charge in [0.15, 0.2) is 11.5 Å². The molecule has 2 saturated heterocycles. The van der Waals surface area contributed by atoms with E-state index in [0.717, 1.165) is 32.4 Å². The molecule has 2 bridgehead atoms. The SMILES string of the molecule is Cc1cc2c(cc1S(=O)(=O)N1C3CCNCC1CC3)OCO2.Cl. The fourth-order valence-electron chi connectivity index (χ4n) is 3.75. The Balaban J connectivity index is 0.00000156. The Morgan fingerprint density at radius 2 is 1.83 bits per heavy atom. The smallest absolute Gasteiger partial charge is 0.244 e. The molecule has 0 aliphatic carbocycles. The van der Waals surface area contributed by atoms with Gasteiger partial charge in [0, 0.05) is 24.7 Å². The number of rotatable bonds is 2. The summed E-state index contributed by atoms with van der Waals surface area (Å²) < 4.78 is 38.9. The number of fused-ring (bicyclic) bond motifs is 3. The average molecular weight is 361 g/mol. The van der Waals surface area contributed by atoms with E-state index in [2.05, 4.69) is 5.32 Å². The van der Waals surface area contributed by atoms with Crippen molar-refractivity contribution in [3.05, 3.63) is 17.7 Å². The molecule has 0 saturated carbocycles. The predicted molar refractivity (Wildman–Crippen MR) is 87.9 cm³/mol. The van der Waals surface area contributed by atoms with Gasteiger partial charge in [-0.3, -0.25) is 0 Å². The molecule has 1 N–H and O–H groups in total. The summed E-state index contributed by atoms with van der Waals surface area (Å²) in [5.41, 5.74) is 0.709. The topological polar surface area (TPSA) is 67.9 Å². The molecule has 0 spiro atoms. The van der Waals surface area contributed by atoms with Crippen molar-refractivity contribution in [2.24, 2.45) is 0 Å². The summed E-state index contributed by atoms with van der Waals surface area (Å²) in [5, 5.41) is 3.34. The molecule has 1 aromatic carbocycles. The van der Waals surface area contributed by atoms with Gasteiger partial charge in [0.2, 0.25) is 16.8 Å². The van der Waals surface area contributed by atoms with E-state index in [1.165, 1.54) is 0 Å². The minimum atomic E-state index is -3.52. The number of nitrogens with zero attached hydrogens (tertiary/aromatic N) is 1. The van der Waals surface area contributed by atoms with Gasteiger partial charge in [-0.25, -0.2) is 8.42 Å². The van der Waals surface area contributed by atoms with Gasteiger partial charge in [-0.15, -0.1) is 12.4 Å². The van der Waals surface area contributed by atoms with Crippen LogP contribution in [0.1, 0.15) is 24.8 Å². The van der Waals surface area contributed by atoms with Crippen LogP contribution in [0.2, 0.25) is 0 Å². The predicted octanol–water partition coefficient (Wildman–Crippen LogP) is 1.66. The van der Waals surface area contributed by atoms with E-state index in [9.17, 15) is 8.42 Å². The summed E-state index contributed by atoms with van der Waals surface area (Å²) in [7, 11) is -3.52. The van der Waals surface area contributed by atoms with E-state index >= 15 is 0 Å². The van der Waals surface area contributed by atoms with Gasteiger partial charge in [-0.05, 0) is 44.4 Å². The van der Waals surface area contributed by atoms with Gasteiger partial charge >= 0.3 is 0 Å². The van der Waals surface area contributed by atoms with E-state index in [4.69, 9.17) is 9.47 Å². The van der Waals surface area contributed by atoms with Crippen LogP contribution in [0.25, 0.3) is 0 Å². The molecule has 128 valence electrons. The van der Waals surface area contributed by atoms with Crippen LogP contribution in [0.15, 0.2) is 17.0 Å². The highest BCUT2D eigenvalue weighted by Crippen LogP contribution is 2.40. The standard InChI is InChI=1S/C15H20N2O4S.ClH/c1-10-6-13-14(21-9-20-13)7-15(10)22(18,19)17-11-2-3-12(17)8-16-5-4-11;/h6-7,11-12,16H,2-5,8-9H2,1H3;1H. The maximum atomic E-state index is 13.2. The molecule has 2 unspecified atom stereocenters. The van der Waals surface area contributed by atoms with Crippen LogP contribution in [0, 0.1) is 6.92 Å². The molecule has 23 heavy (non-hydrogen) atoms. The number of benzene rings is 1. The number of halogens is 1. The van der Waals surface area contributed by atoms with Crippen LogP contribution in [0.3, 0.4) is 0 Å². The van der Waals surface area contributed by atoms with Crippen molar-refractivity contribution >= 4 is 22.4 Å². The maximum absolute atomic E-state index is 13.2. The van der Waals surface area contributed by atoms with Gasteiger partial charge in [0.25, 0.3) is 0 Å². The first kappa shape index (κ1) is 16.8. The second kappa shape index (κ2) is 6.12. The van der Waals surface area contributed by atoms with Gasteiger partial charge in [-0.1, -0.05) is 0 Å². The highest BCUT2D eigenvalue weighted by Gasteiger charge is 2.43. The van der Waals surface area contributed by atoms with Crippen molar-refractivity contribution in [2.45, 2.75) is 43.2 Å². The first-order chi connectivity index (χ1) is 10.6. The number of hydrogen-bond acceptors (Lipinski definition) is 5.